The Morgan fingerprint density at radius 1 is 1.43 bits per heavy atom. The summed E-state index contributed by atoms with van der Waals surface area (Å²) in [5.74, 6) is -0.472. The molecule has 1 aromatic carbocycles. The molecule has 0 atom stereocenters. The van der Waals surface area contributed by atoms with Crippen LogP contribution in [0.4, 0.5) is 18.9 Å². The number of nitrogens with one attached hydrogen (secondary N) is 2. The van der Waals surface area contributed by atoms with Crippen LogP contribution in [0.1, 0.15) is 18.1 Å². The normalized spacial score (nSPS) is 17.2. The van der Waals surface area contributed by atoms with Gasteiger partial charge < -0.3 is 15.4 Å². The van der Waals surface area contributed by atoms with Gasteiger partial charge >= 0.3 is 6.18 Å². The summed E-state index contributed by atoms with van der Waals surface area (Å²) in [6.07, 6.45) is -4.44. The number of carbonyl (C=O) groups is 1. The molecule has 7 heteroatoms. The Hall–Kier alpha value is -1.60. The van der Waals surface area contributed by atoms with Crippen molar-refractivity contribution in [3.8, 4) is 0 Å². The molecule has 0 aliphatic carbocycles. The van der Waals surface area contributed by atoms with Gasteiger partial charge in [-0.1, -0.05) is 6.07 Å². The van der Waals surface area contributed by atoms with Crippen molar-refractivity contribution < 1.29 is 22.7 Å². The zero-order valence-corrected chi connectivity index (χ0v) is 11.8. The Kier molecular flexibility index (Phi) is 4.25. The summed E-state index contributed by atoms with van der Waals surface area (Å²) in [6, 6.07) is 3.70. The number of halogens is 3. The van der Waals surface area contributed by atoms with E-state index >= 15 is 0 Å². The van der Waals surface area contributed by atoms with E-state index < -0.39 is 17.6 Å². The van der Waals surface area contributed by atoms with Crippen molar-refractivity contribution >= 4 is 11.6 Å². The zero-order chi connectivity index (χ0) is 15.7. The van der Waals surface area contributed by atoms with E-state index in [0.717, 1.165) is 6.07 Å². The number of benzene rings is 1. The highest BCUT2D eigenvalue weighted by molar-refractivity contribution is 5.91. The number of carbonyl (C=O) groups excluding carboxylic acids is 1. The molecule has 0 saturated carbocycles. The first kappa shape index (κ1) is 15.8. The van der Waals surface area contributed by atoms with Gasteiger partial charge in [0.1, 0.15) is 6.61 Å². The summed E-state index contributed by atoms with van der Waals surface area (Å²) in [6.45, 7) is 4.37. The minimum absolute atomic E-state index is 0.110. The maximum absolute atomic E-state index is 12.8. The maximum atomic E-state index is 12.8. The van der Waals surface area contributed by atoms with E-state index in [9.17, 15) is 18.0 Å². The monoisotopic (exact) mass is 302 g/mol. The molecule has 0 bridgehead atoms. The van der Waals surface area contributed by atoms with Crippen LogP contribution in [0.25, 0.3) is 0 Å². The molecule has 1 heterocycles. The fourth-order valence-corrected chi connectivity index (χ4v) is 2.02. The average molecular weight is 302 g/mol. The molecule has 0 spiro atoms. The standard InChI is InChI=1S/C14H17F3N2O2/c1-9-3-4-10(5-11(9)14(15,16)17)19-12(20)6-21-13(2)7-18-8-13/h3-5,18H,6-8H2,1-2H3,(H,19,20). The fourth-order valence-electron chi connectivity index (χ4n) is 2.02. The molecule has 2 N–H and O–H groups in total. The topological polar surface area (TPSA) is 50.4 Å². The predicted octanol–water partition coefficient (Wildman–Crippen LogP) is 2.33. The summed E-state index contributed by atoms with van der Waals surface area (Å²) >= 11 is 0. The second kappa shape index (κ2) is 5.65. The van der Waals surface area contributed by atoms with Crippen molar-refractivity contribution in [1.29, 1.82) is 0 Å². The van der Waals surface area contributed by atoms with Gasteiger partial charge in [0.2, 0.25) is 5.91 Å². The molecule has 116 valence electrons. The third-order valence-corrected chi connectivity index (χ3v) is 3.38. The van der Waals surface area contributed by atoms with Crippen LogP contribution in [0, 0.1) is 6.92 Å². The minimum Gasteiger partial charge on any atom is -0.363 e. The first-order chi connectivity index (χ1) is 9.70. The highest BCUT2D eigenvalue weighted by Crippen LogP contribution is 2.33. The van der Waals surface area contributed by atoms with Crippen LogP contribution in [0.5, 0.6) is 0 Å². The van der Waals surface area contributed by atoms with Gasteiger partial charge in [0.15, 0.2) is 0 Å². The molecule has 21 heavy (non-hydrogen) atoms. The summed E-state index contributed by atoms with van der Waals surface area (Å²) in [5.41, 5.74) is -0.901. The Labute approximate surface area is 120 Å². The highest BCUT2D eigenvalue weighted by Gasteiger charge is 2.34. The molecule has 0 radical (unpaired) electrons. The smallest absolute Gasteiger partial charge is 0.363 e. The van der Waals surface area contributed by atoms with E-state index in [1.807, 2.05) is 6.92 Å². The molecule has 1 amide bonds. The molecule has 2 rings (SSSR count). The lowest BCUT2D eigenvalue weighted by molar-refractivity contribution is -0.138. The van der Waals surface area contributed by atoms with E-state index in [4.69, 9.17) is 4.74 Å². The van der Waals surface area contributed by atoms with Crippen molar-refractivity contribution in [2.45, 2.75) is 25.6 Å². The number of rotatable bonds is 4. The van der Waals surface area contributed by atoms with Gasteiger partial charge in [0, 0.05) is 18.8 Å². The van der Waals surface area contributed by atoms with E-state index in [-0.39, 0.29) is 23.5 Å². The number of hydrogen-bond acceptors (Lipinski definition) is 3. The number of anilines is 1. The van der Waals surface area contributed by atoms with Crippen LogP contribution >= 0.6 is 0 Å². The number of aryl methyl sites for hydroxylation is 1. The molecule has 1 saturated heterocycles. The van der Waals surface area contributed by atoms with Crippen LogP contribution < -0.4 is 10.6 Å². The first-order valence-corrected chi connectivity index (χ1v) is 6.52. The van der Waals surface area contributed by atoms with Gasteiger partial charge in [0.25, 0.3) is 0 Å². The van der Waals surface area contributed by atoms with Crippen LogP contribution in [0.3, 0.4) is 0 Å². The number of alkyl halides is 3. The van der Waals surface area contributed by atoms with Crippen LogP contribution in [-0.4, -0.2) is 31.2 Å². The summed E-state index contributed by atoms with van der Waals surface area (Å²) in [7, 11) is 0. The van der Waals surface area contributed by atoms with E-state index in [1.54, 1.807) is 0 Å². The molecule has 1 aliphatic heterocycles. The number of ether oxygens (including phenoxy) is 1. The third kappa shape index (κ3) is 3.95. The zero-order valence-electron chi connectivity index (χ0n) is 11.8. The van der Waals surface area contributed by atoms with Crippen LogP contribution in [0.2, 0.25) is 0 Å². The maximum Gasteiger partial charge on any atom is 0.416 e. The highest BCUT2D eigenvalue weighted by atomic mass is 19.4. The van der Waals surface area contributed by atoms with Crippen molar-refractivity contribution in [2.75, 3.05) is 25.0 Å². The third-order valence-electron chi connectivity index (χ3n) is 3.38. The van der Waals surface area contributed by atoms with E-state index in [0.29, 0.717) is 13.1 Å². The van der Waals surface area contributed by atoms with Crippen molar-refractivity contribution in [3.63, 3.8) is 0 Å². The summed E-state index contributed by atoms with van der Waals surface area (Å²) in [5, 5.41) is 5.44. The van der Waals surface area contributed by atoms with Crippen LogP contribution in [0.15, 0.2) is 18.2 Å². The Bertz CT molecular complexity index is 540. The van der Waals surface area contributed by atoms with Crippen LogP contribution in [-0.2, 0) is 15.7 Å². The lowest BCUT2D eigenvalue weighted by Gasteiger charge is -2.38. The Morgan fingerprint density at radius 3 is 2.62 bits per heavy atom. The van der Waals surface area contributed by atoms with Gasteiger partial charge in [-0.25, -0.2) is 0 Å². The van der Waals surface area contributed by atoms with Gasteiger partial charge in [0.05, 0.1) is 11.2 Å². The van der Waals surface area contributed by atoms with E-state index in [2.05, 4.69) is 10.6 Å². The van der Waals surface area contributed by atoms with E-state index in [1.165, 1.54) is 19.1 Å². The van der Waals surface area contributed by atoms with Crippen molar-refractivity contribution in [2.24, 2.45) is 0 Å². The fraction of sp³-hybridized carbons (Fsp3) is 0.500. The minimum atomic E-state index is -4.44. The van der Waals surface area contributed by atoms with Gasteiger partial charge in [-0.15, -0.1) is 0 Å². The number of amides is 1. The molecule has 0 aromatic heterocycles. The molecule has 1 aromatic rings. The summed E-state index contributed by atoms with van der Waals surface area (Å²) in [4.78, 5) is 11.7. The van der Waals surface area contributed by atoms with Gasteiger partial charge in [-0.05, 0) is 31.5 Å². The predicted molar refractivity (Wildman–Crippen MR) is 72.0 cm³/mol. The average Bonchev–Trinajstić information content (AvgIpc) is 2.35. The Morgan fingerprint density at radius 2 is 2.10 bits per heavy atom. The van der Waals surface area contributed by atoms with Crippen molar-refractivity contribution in [1.82, 2.24) is 5.32 Å². The largest absolute Gasteiger partial charge is 0.416 e. The SMILES string of the molecule is Cc1ccc(NC(=O)COC2(C)CNC2)cc1C(F)(F)F. The number of hydrogen-bond donors (Lipinski definition) is 2. The summed E-state index contributed by atoms with van der Waals surface area (Å²) < 4.78 is 43.8. The molecular formula is C14H17F3N2O2. The lowest BCUT2D eigenvalue weighted by atomic mass is 10.0. The second-order valence-corrected chi connectivity index (χ2v) is 5.42. The van der Waals surface area contributed by atoms with Gasteiger partial charge in [-0.2, -0.15) is 13.2 Å². The first-order valence-electron chi connectivity index (χ1n) is 6.52. The van der Waals surface area contributed by atoms with Crippen molar-refractivity contribution in [3.05, 3.63) is 29.3 Å². The molecular weight excluding hydrogens is 285 g/mol. The second-order valence-electron chi connectivity index (χ2n) is 5.42. The molecule has 4 nitrogen and oxygen atoms in total. The Balaban J connectivity index is 1.97. The molecule has 0 unspecified atom stereocenters. The molecule has 1 aliphatic rings. The van der Waals surface area contributed by atoms with Gasteiger partial charge in [-0.3, -0.25) is 4.79 Å². The quantitative estimate of drug-likeness (QED) is 0.897. The lowest BCUT2D eigenvalue weighted by Crippen LogP contribution is -2.59. The molecule has 1 fully saturated rings.